The van der Waals surface area contributed by atoms with Crippen molar-refractivity contribution in [3.8, 4) is 5.75 Å². The monoisotopic (exact) mass is 406 g/mol. The largest absolute Gasteiger partial charge is 0.495 e. The predicted octanol–water partition coefficient (Wildman–Crippen LogP) is 0.500. The van der Waals surface area contributed by atoms with Gasteiger partial charge >= 0.3 is 0 Å². The van der Waals surface area contributed by atoms with Gasteiger partial charge < -0.3 is 15.4 Å². The van der Waals surface area contributed by atoms with Crippen LogP contribution in [-0.4, -0.2) is 63.8 Å². The molecule has 0 aliphatic carbocycles. The Balaban J connectivity index is 2.00. The zero-order valence-corrected chi connectivity index (χ0v) is 16.6. The molecular weight excluding hydrogens is 384 g/mol. The highest BCUT2D eigenvalue weighted by molar-refractivity contribution is 7.89. The summed E-state index contributed by atoms with van der Waals surface area (Å²) in [7, 11) is 0.369. The van der Waals surface area contributed by atoms with Crippen molar-refractivity contribution in [2.45, 2.75) is 4.90 Å². The van der Waals surface area contributed by atoms with Gasteiger partial charge in [0.2, 0.25) is 10.0 Å². The molecule has 2 aromatic rings. The molecule has 0 spiro atoms. The number of methoxy groups -OCH3 is 1. The number of amides is 2. The zero-order valence-electron chi connectivity index (χ0n) is 15.8. The maximum Gasteiger partial charge on any atom is 0.252 e. The van der Waals surface area contributed by atoms with Crippen molar-refractivity contribution in [1.82, 2.24) is 19.9 Å². The Kier molecular flexibility index (Phi) is 7.07. The van der Waals surface area contributed by atoms with E-state index >= 15 is 0 Å². The molecule has 0 saturated heterocycles. The highest BCUT2D eigenvalue weighted by atomic mass is 32.2. The first kappa shape index (κ1) is 21.3. The van der Waals surface area contributed by atoms with E-state index in [0.29, 0.717) is 5.56 Å². The van der Waals surface area contributed by atoms with Gasteiger partial charge in [0.25, 0.3) is 11.8 Å². The minimum absolute atomic E-state index is 0.0995. The second kappa shape index (κ2) is 9.29. The molecule has 0 radical (unpaired) electrons. The number of pyridine rings is 1. The van der Waals surface area contributed by atoms with Gasteiger partial charge in [-0.1, -0.05) is 0 Å². The van der Waals surface area contributed by atoms with Crippen molar-refractivity contribution in [3.05, 3.63) is 53.9 Å². The Morgan fingerprint density at radius 1 is 1.07 bits per heavy atom. The molecule has 0 atom stereocenters. The molecule has 10 heteroatoms. The third-order valence-corrected chi connectivity index (χ3v) is 5.64. The molecule has 0 aliphatic heterocycles. The van der Waals surface area contributed by atoms with Crippen LogP contribution in [0, 0.1) is 0 Å². The zero-order chi connectivity index (χ0) is 20.7. The standard InChI is InChI=1S/C18H22N4O5S/c1-22(2)28(25,26)16-11-13(6-7-15(16)27-3)17(23)20-9-10-21-18(24)14-5-4-8-19-12-14/h4-8,11-12H,9-10H2,1-3H3,(H,20,23)(H,21,24). The van der Waals surface area contributed by atoms with Crippen LogP contribution in [0.1, 0.15) is 20.7 Å². The fraction of sp³-hybridized carbons (Fsp3) is 0.278. The van der Waals surface area contributed by atoms with Gasteiger partial charge in [-0.15, -0.1) is 0 Å². The lowest BCUT2D eigenvalue weighted by atomic mass is 10.2. The van der Waals surface area contributed by atoms with E-state index in [1.54, 1.807) is 18.3 Å². The summed E-state index contributed by atoms with van der Waals surface area (Å²) in [5.41, 5.74) is 0.585. The molecule has 1 aromatic carbocycles. The molecule has 0 unspecified atom stereocenters. The quantitative estimate of drug-likeness (QED) is 0.617. The van der Waals surface area contributed by atoms with Crippen molar-refractivity contribution in [1.29, 1.82) is 0 Å². The topological polar surface area (TPSA) is 118 Å². The number of rotatable bonds is 8. The van der Waals surface area contributed by atoms with E-state index in [0.717, 1.165) is 4.31 Å². The SMILES string of the molecule is COc1ccc(C(=O)NCCNC(=O)c2cccnc2)cc1S(=O)(=O)N(C)C. The molecule has 0 aliphatic rings. The fourth-order valence-electron chi connectivity index (χ4n) is 2.27. The van der Waals surface area contributed by atoms with Gasteiger partial charge in [-0.05, 0) is 30.3 Å². The molecule has 1 heterocycles. The second-order valence-corrected chi connectivity index (χ2v) is 8.03. The first-order valence-corrected chi connectivity index (χ1v) is 9.78. The highest BCUT2D eigenvalue weighted by Crippen LogP contribution is 2.26. The summed E-state index contributed by atoms with van der Waals surface area (Å²) in [5, 5.41) is 5.29. The lowest BCUT2D eigenvalue weighted by Gasteiger charge is -2.15. The molecule has 1 aromatic heterocycles. The molecule has 150 valence electrons. The average molecular weight is 406 g/mol. The van der Waals surface area contributed by atoms with Crippen molar-refractivity contribution in [3.63, 3.8) is 0 Å². The van der Waals surface area contributed by atoms with Crippen LogP contribution < -0.4 is 15.4 Å². The third kappa shape index (κ3) is 5.05. The van der Waals surface area contributed by atoms with Gasteiger partial charge in [0.15, 0.2) is 0 Å². The van der Waals surface area contributed by atoms with Gasteiger partial charge in [0.05, 0.1) is 12.7 Å². The maximum absolute atomic E-state index is 12.4. The van der Waals surface area contributed by atoms with Gasteiger partial charge in [0, 0.05) is 45.1 Å². The first-order chi connectivity index (χ1) is 13.3. The molecule has 2 amide bonds. The Morgan fingerprint density at radius 3 is 2.25 bits per heavy atom. The minimum Gasteiger partial charge on any atom is -0.495 e. The number of aromatic nitrogens is 1. The number of benzene rings is 1. The van der Waals surface area contributed by atoms with Crippen LogP contribution in [0.2, 0.25) is 0 Å². The number of carbonyl (C=O) groups excluding carboxylic acids is 2. The van der Waals surface area contributed by atoms with Crippen molar-refractivity contribution in [2.24, 2.45) is 0 Å². The van der Waals surface area contributed by atoms with Crippen molar-refractivity contribution >= 4 is 21.8 Å². The van der Waals surface area contributed by atoms with E-state index in [9.17, 15) is 18.0 Å². The smallest absolute Gasteiger partial charge is 0.252 e. The van der Waals surface area contributed by atoms with E-state index in [2.05, 4.69) is 15.6 Å². The first-order valence-electron chi connectivity index (χ1n) is 8.34. The fourth-order valence-corrected chi connectivity index (χ4v) is 3.34. The Morgan fingerprint density at radius 2 is 1.71 bits per heavy atom. The lowest BCUT2D eigenvalue weighted by molar-refractivity contribution is 0.0927. The van der Waals surface area contributed by atoms with Crippen LogP contribution in [0.15, 0.2) is 47.6 Å². The lowest BCUT2D eigenvalue weighted by Crippen LogP contribution is -2.34. The van der Waals surface area contributed by atoms with E-state index in [4.69, 9.17) is 4.74 Å². The van der Waals surface area contributed by atoms with Crippen LogP contribution in [0.5, 0.6) is 5.75 Å². The molecule has 0 saturated carbocycles. The van der Waals surface area contributed by atoms with E-state index < -0.39 is 15.9 Å². The Bertz CT molecular complexity index is 946. The molecule has 0 fully saturated rings. The molecule has 2 rings (SSSR count). The summed E-state index contributed by atoms with van der Waals surface area (Å²) in [6.07, 6.45) is 3.01. The predicted molar refractivity (Wildman–Crippen MR) is 103 cm³/mol. The summed E-state index contributed by atoms with van der Waals surface area (Å²) in [5.74, 6) is -0.617. The summed E-state index contributed by atoms with van der Waals surface area (Å²) < 4.78 is 31.0. The summed E-state index contributed by atoms with van der Waals surface area (Å²) in [4.78, 5) is 28.0. The van der Waals surface area contributed by atoms with Crippen LogP contribution in [0.25, 0.3) is 0 Å². The van der Waals surface area contributed by atoms with Gasteiger partial charge in [-0.2, -0.15) is 0 Å². The number of nitrogens with one attached hydrogen (secondary N) is 2. The van der Waals surface area contributed by atoms with Crippen molar-refractivity contribution < 1.29 is 22.7 Å². The van der Waals surface area contributed by atoms with Gasteiger partial charge in [-0.25, -0.2) is 12.7 Å². The summed E-state index contributed by atoms with van der Waals surface area (Å²) in [6.45, 7) is 0.380. The van der Waals surface area contributed by atoms with E-state index in [-0.39, 0.29) is 35.2 Å². The second-order valence-electron chi connectivity index (χ2n) is 5.91. The van der Waals surface area contributed by atoms with Crippen molar-refractivity contribution in [2.75, 3.05) is 34.3 Å². The van der Waals surface area contributed by atoms with Gasteiger partial charge in [0.1, 0.15) is 10.6 Å². The van der Waals surface area contributed by atoms with Crippen LogP contribution in [-0.2, 0) is 10.0 Å². The number of nitrogens with zero attached hydrogens (tertiary/aromatic N) is 2. The van der Waals surface area contributed by atoms with Crippen LogP contribution in [0.3, 0.4) is 0 Å². The number of hydrogen-bond donors (Lipinski definition) is 2. The highest BCUT2D eigenvalue weighted by Gasteiger charge is 2.23. The molecule has 0 bridgehead atoms. The molecule has 28 heavy (non-hydrogen) atoms. The molecular formula is C18H22N4O5S. The van der Waals surface area contributed by atoms with E-state index in [1.165, 1.54) is 45.6 Å². The number of hydrogen-bond acceptors (Lipinski definition) is 6. The Labute approximate surface area is 163 Å². The summed E-state index contributed by atoms with van der Waals surface area (Å²) >= 11 is 0. The molecule has 2 N–H and O–H groups in total. The van der Waals surface area contributed by atoms with E-state index in [1.807, 2.05) is 0 Å². The molecule has 9 nitrogen and oxygen atoms in total. The average Bonchev–Trinajstić information content (AvgIpc) is 2.70. The van der Waals surface area contributed by atoms with Gasteiger partial charge in [-0.3, -0.25) is 14.6 Å². The Hall–Kier alpha value is -2.98. The van der Waals surface area contributed by atoms with Crippen LogP contribution >= 0.6 is 0 Å². The minimum atomic E-state index is -3.78. The number of carbonyl (C=O) groups is 2. The number of ether oxygens (including phenoxy) is 1. The maximum atomic E-state index is 12.4. The normalized spacial score (nSPS) is 11.1. The number of sulfonamides is 1. The van der Waals surface area contributed by atoms with Crippen LogP contribution in [0.4, 0.5) is 0 Å². The summed E-state index contributed by atoms with van der Waals surface area (Å²) in [6, 6.07) is 7.44. The third-order valence-electron chi connectivity index (χ3n) is 3.80.